The maximum atomic E-state index is 4.49. The first-order valence-electron chi connectivity index (χ1n) is 14.2. The molecular formula is C34H45N3. The van der Waals surface area contributed by atoms with E-state index in [1.807, 2.05) is 6.20 Å². The highest BCUT2D eigenvalue weighted by atomic mass is 15.2. The molecule has 0 amide bonds. The molecule has 0 radical (unpaired) electrons. The summed E-state index contributed by atoms with van der Waals surface area (Å²) in [7, 11) is 0. The molecule has 1 atom stereocenters. The van der Waals surface area contributed by atoms with Gasteiger partial charge in [-0.05, 0) is 94.2 Å². The van der Waals surface area contributed by atoms with Crippen molar-refractivity contribution in [2.45, 2.75) is 65.2 Å². The van der Waals surface area contributed by atoms with Gasteiger partial charge in [0.2, 0.25) is 0 Å². The summed E-state index contributed by atoms with van der Waals surface area (Å²) in [6, 6.07) is 11.0. The lowest BCUT2D eigenvalue weighted by atomic mass is 9.83. The Balaban J connectivity index is 1.63. The second-order valence-electron chi connectivity index (χ2n) is 10.6. The van der Waals surface area contributed by atoms with Crippen LogP contribution < -0.4 is 10.6 Å². The maximum absolute atomic E-state index is 4.49. The monoisotopic (exact) mass is 495 g/mol. The predicted molar refractivity (Wildman–Crippen MR) is 160 cm³/mol. The third kappa shape index (κ3) is 6.84. The third-order valence-corrected chi connectivity index (χ3v) is 7.81. The molecular weight excluding hydrogens is 450 g/mol. The Morgan fingerprint density at radius 1 is 1.16 bits per heavy atom. The summed E-state index contributed by atoms with van der Waals surface area (Å²) in [5.41, 5.74) is 10.4. The molecule has 1 aliphatic heterocycles. The van der Waals surface area contributed by atoms with Gasteiger partial charge >= 0.3 is 0 Å². The average Bonchev–Trinajstić information content (AvgIpc) is 3.27. The van der Waals surface area contributed by atoms with E-state index < -0.39 is 0 Å². The van der Waals surface area contributed by atoms with Gasteiger partial charge in [-0.2, -0.15) is 0 Å². The smallest absolute Gasteiger partial charge is 0.0564 e. The number of nitrogens with zero attached hydrogens (tertiary/aromatic N) is 1. The summed E-state index contributed by atoms with van der Waals surface area (Å²) in [6.45, 7) is 16.1. The van der Waals surface area contributed by atoms with Crippen molar-refractivity contribution in [3.8, 4) is 0 Å². The molecule has 1 aromatic rings. The van der Waals surface area contributed by atoms with Crippen molar-refractivity contribution in [2.24, 2.45) is 5.92 Å². The quantitative estimate of drug-likeness (QED) is 0.240. The first kappa shape index (κ1) is 27.0. The van der Waals surface area contributed by atoms with Crippen molar-refractivity contribution in [2.75, 3.05) is 19.6 Å². The highest BCUT2D eigenvalue weighted by Crippen LogP contribution is 2.46. The van der Waals surface area contributed by atoms with E-state index in [0.717, 1.165) is 49.8 Å². The SMILES string of the molecule is C=CN1C(=C)C(/C(=C2\CCCC(CNCCCC)CC2)c2ccccc2)=C1CNC1=CC(C)=CCC=C1. The van der Waals surface area contributed by atoms with Gasteiger partial charge in [-0.3, -0.25) is 0 Å². The van der Waals surface area contributed by atoms with E-state index in [1.165, 1.54) is 66.5 Å². The van der Waals surface area contributed by atoms with Gasteiger partial charge in [0.25, 0.3) is 0 Å². The molecule has 0 bridgehead atoms. The molecule has 1 aromatic carbocycles. The predicted octanol–water partition coefficient (Wildman–Crippen LogP) is 8.02. The fourth-order valence-corrected chi connectivity index (χ4v) is 5.74. The van der Waals surface area contributed by atoms with Crippen molar-refractivity contribution >= 4 is 5.57 Å². The number of benzene rings is 1. The molecule has 1 heterocycles. The molecule has 2 N–H and O–H groups in total. The van der Waals surface area contributed by atoms with Crippen LogP contribution in [-0.2, 0) is 0 Å². The summed E-state index contributed by atoms with van der Waals surface area (Å²) in [5.74, 6) is 0.765. The lowest BCUT2D eigenvalue weighted by molar-refractivity contribution is 0.425. The van der Waals surface area contributed by atoms with Crippen molar-refractivity contribution in [3.63, 3.8) is 0 Å². The summed E-state index contributed by atoms with van der Waals surface area (Å²) >= 11 is 0. The molecule has 1 fully saturated rings. The van der Waals surface area contributed by atoms with E-state index in [1.54, 1.807) is 5.57 Å². The van der Waals surface area contributed by atoms with Crippen LogP contribution in [0.3, 0.4) is 0 Å². The van der Waals surface area contributed by atoms with Gasteiger partial charge in [0.15, 0.2) is 0 Å². The number of allylic oxidation sites excluding steroid dienone is 7. The van der Waals surface area contributed by atoms with Gasteiger partial charge in [-0.15, -0.1) is 0 Å². The van der Waals surface area contributed by atoms with Crippen LogP contribution in [0.4, 0.5) is 0 Å². The average molecular weight is 496 g/mol. The number of hydrogen-bond acceptors (Lipinski definition) is 3. The third-order valence-electron chi connectivity index (χ3n) is 7.81. The summed E-state index contributed by atoms with van der Waals surface area (Å²) in [5, 5.41) is 7.39. The lowest BCUT2D eigenvalue weighted by Gasteiger charge is -2.41. The first-order chi connectivity index (χ1) is 18.1. The number of unbranched alkanes of at least 4 members (excludes halogenated alkanes) is 1. The zero-order valence-electron chi connectivity index (χ0n) is 23.0. The second kappa shape index (κ2) is 13.5. The molecule has 3 nitrogen and oxygen atoms in total. The van der Waals surface area contributed by atoms with E-state index in [2.05, 4.69) is 97.2 Å². The van der Waals surface area contributed by atoms with Crippen molar-refractivity contribution in [1.82, 2.24) is 15.5 Å². The summed E-state index contributed by atoms with van der Waals surface area (Å²) in [4.78, 5) is 2.16. The minimum atomic E-state index is 0.747. The van der Waals surface area contributed by atoms with Crippen LogP contribution in [-0.4, -0.2) is 24.5 Å². The Labute approximate surface area is 225 Å². The van der Waals surface area contributed by atoms with Crippen molar-refractivity contribution in [1.29, 1.82) is 0 Å². The number of rotatable bonds is 11. The van der Waals surface area contributed by atoms with Crippen LogP contribution in [0.15, 0.2) is 108 Å². The van der Waals surface area contributed by atoms with Crippen LogP contribution in [0, 0.1) is 5.92 Å². The van der Waals surface area contributed by atoms with Gasteiger partial charge in [0.05, 0.1) is 12.2 Å². The van der Waals surface area contributed by atoms with Crippen molar-refractivity contribution in [3.05, 3.63) is 113 Å². The number of nitrogens with one attached hydrogen (secondary N) is 2. The highest BCUT2D eigenvalue weighted by molar-refractivity contribution is 5.89. The van der Waals surface area contributed by atoms with Crippen molar-refractivity contribution < 1.29 is 0 Å². The number of hydrogen-bond donors (Lipinski definition) is 2. The van der Waals surface area contributed by atoms with Crippen LogP contribution in [0.1, 0.15) is 70.8 Å². The second-order valence-corrected chi connectivity index (χ2v) is 10.6. The van der Waals surface area contributed by atoms with Crippen LogP contribution >= 0.6 is 0 Å². The van der Waals surface area contributed by atoms with Gasteiger partial charge in [-0.1, -0.05) is 80.1 Å². The van der Waals surface area contributed by atoms with Crippen LogP contribution in [0.2, 0.25) is 0 Å². The minimum absolute atomic E-state index is 0.747. The minimum Gasteiger partial charge on any atom is -0.379 e. The van der Waals surface area contributed by atoms with E-state index in [-0.39, 0.29) is 0 Å². The Bertz CT molecular complexity index is 1110. The fourth-order valence-electron chi connectivity index (χ4n) is 5.74. The highest BCUT2D eigenvalue weighted by Gasteiger charge is 2.33. The topological polar surface area (TPSA) is 27.3 Å². The summed E-state index contributed by atoms with van der Waals surface area (Å²) in [6.07, 6.45) is 20.5. The first-order valence-corrected chi connectivity index (χ1v) is 14.2. The Morgan fingerprint density at radius 2 is 2.00 bits per heavy atom. The summed E-state index contributed by atoms with van der Waals surface area (Å²) < 4.78 is 0. The van der Waals surface area contributed by atoms with Gasteiger partial charge in [0, 0.05) is 23.2 Å². The zero-order chi connectivity index (χ0) is 26.0. The molecule has 0 saturated heterocycles. The molecule has 196 valence electrons. The Kier molecular flexibility index (Phi) is 9.85. The molecule has 3 aliphatic rings. The molecule has 1 saturated carbocycles. The maximum Gasteiger partial charge on any atom is 0.0564 e. The Hall–Kier alpha value is -3.04. The van der Waals surface area contributed by atoms with E-state index in [0.29, 0.717) is 0 Å². The van der Waals surface area contributed by atoms with E-state index in [4.69, 9.17) is 0 Å². The zero-order valence-corrected chi connectivity index (χ0v) is 23.0. The molecule has 2 aliphatic carbocycles. The standard InChI is InChI=1S/C34H45N3/c1-5-7-22-35-24-28-15-13-18-30(21-20-28)34(29-16-9-8-10-17-29)33-27(4)37(6-2)32(33)25-36-31-19-12-11-14-26(3)23-31/h6,8-10,12,14,16-17,19,23,28,35-36H,2,4-5,7,11,13,15,18,20-22,24-25H2,1,3H3/b34-30+. The normalized spacial score (nSPS) is 21.5. The molecule has 0 aromatic heterocycles. The molecule has 37 heavy (non-hydrogen) atoms. The largest absolute Gasteiger partial charge is 0.379 e. The van der Waals surface area contributed by atoms with Crippen LogP contribution in [0.25, 0.3) is 5.57 Å². The molecule has 3 heteroatoms. The Morgan fingerprint density at radius 3 is 2.78 bits per heavy atom. The van der Waals surface area contributed by atoms with Crippen LogP contribution in [0.5, 0.6) is 0 Å². The van der Waals surface area contributed by atoms with E-state index >= 15 is 0 Å². The van der Waals surface area contributed by atoms with Gasteiger partial charge in [-0.25, -0.2) is 0 Å². The van der Waals surface area contributed by atoms with Gasteiger partial charge in [0.1, 0.15) is 0 Å². The van der Waals surface area contributed by atoms with E-state index in [9.17, 15) is 0 Å². The molecule has 4 rings (SSSR count). The molecule has 0 spiro atoms. The van der Waals surface area contributed by atoms with Gasteiger partial charge < -0.3 is 15.5 Å². The lowest BCUT2D eigenvalue weighted by Crippen LogP contribution is -2.36. The fraction of sp³-hybridized carbons (Fsp3) is 0.412. The molecule has 1 unspecified atom stereocenters.